The van der Waals surface area contributed by atoms with Crippen molar-refractivity contribution in [2.45, 2.75) is 5.60 Å². The fraction of sp³-hybridized carbons (Fsp3) is 0.385. The Morgan fingerprint density at radius 1 is 0.420 bits per heavy atom. The van der Waals surface area contributed by atoms with Crippen molar-refractivity contribution >= 4 is 5.69 Å². The number of rotatable bonds is 27. The quantitative estimate of drug-likeness (QED) is 0.0316. The lowest BCUT2D eigenvalue weighted by atomic mass is 9.80. The van der Waals surface area contributed by atoms with Crippen LogP contribution in [-0.4, -0.2) is 97.4 Å². The molecule has 0 radical (unpaired) electrons. The number of nitro benzene ring substituents is 1. The van der Waals surface area contributed by atoms with Crippen LogP contribution < -0.4 is 4.74 Å². The van der Waals surface area contributed by atoms with Crippen molar-refractivity contribution in [2.24, 2.45) is 0 Å². The fourth-order valence-electron chi connectivity index (χ4n) is 5.11. The van der Waals surface area contributed by atoms with Crippen LogP contribution in [0.25, 0.3) is 0 Å². The molecule has 4 rings (SSSR count). The molecule has 0 N–H and O–H groups in total. The molecule has 0 bridgehead atoms. The van der Waals surface area contributed by atoms with E-state index in [1.807, 2.05) is 54.6 Å². The summed E-state index contributed by atoms with van der Waals surface area (Å²) in [5.41, 5.74) is 2.45. The smallest absolute Gasteiger partial charge is 0.269 e. The summed E-state index contributed by atoms with van der Waals surface area (Å²) in [7, 11) is 0. The molecular formula is C39H47NO10. The van der Waals surface area contributed by atoms with Gasteiger partial charge in [0.15, 0.2) is 0 Å². The molecule has 0 fully saturated rings. The van der Waals surface area contributed by atoms with E-state index >= 15 is 0 Å². The molecule has 0 heterocycles. The van der Waals surface area contributed by atoms with Crippen LogP contribution in [-0.2, 0) is 38.8 Å². The zero-order chi connectivity index (χ0) is 35.0. The third-order valence-corrected chi connectivity index (χ3v) is 7.49. The number of nitro groups is 1. The van der Waals surface area contributed by atoms with Gasteiger partial charge in [0.1, 0.15) is 18.0 Å². The van der Waals surface area contributed by atoms with Gasteiger partial charge in [0, 0.05) is 12.1 Å². The minimum absolute atomic E-state index is 0.0263. The number of ether oxygens (including phenoxy) is 8. The zero-order valence-electron chi connectivity index (χ0n) is 28.4. The van der Waals surface area contributed by atoms with Gasteiger partial charge in [-0.1, -0.05) is 91.0 Å². The maximum Gasteiger partial charge on any atom is 0.269 e. The Hall–Kier alpha value is -4.20. The van der Waals surface area contributed by atoms with Crippen molar-refractivity contribution in [2.75, 3.05) is 92.5 Å². The molecule has 0 unspecified atom stereocenters. The van der Waals surface area contributed by atoms with Crippen molar-refractivity contribution in [3.8, 4) is 5.75 Å². The normalized spacial score (nSPS) is 11.4. The van der Waals surface area contributed by atoms with E-state index < -0.39 is 10.5 Å². The van der Waals surface area contributed by atoms with Crippen LogP contribution in [0.5, 0.6) is 5.75 Å². The van der Waals surface area contributed by atoms with Crippen molar-refractivity contribution < 1.29 is 42.8 Å². The Morgan fingerprint density at radius 2 is 0.740 bits per heavy atom. The van der Waals surface area contributed by atoms with Crippen LogP contribution in [0.4, 0.5) is 5.69 Å². The highest BCUT2D eigenvalue weighted by Crippen LogP contribution is 2.40. The first kappa shape index (κ1) is 38.6. The predicted octanol–water partition coefficient (Wildman–Crippen LogP) is 6.08. The molecule has 0 aliphatic carbocycles. The Labute approximate surface area is 294 Å². The third kappa shape index (κ3) is 13.3. The van der Waals surface area contributed by atoms with E-state index in [-0.39, 0.29) is 5.69 Å². The van der Waals surface area contributed by atoms with Gasteiger partial charge in [-0.2, -0.15) is 0 Å². The Kier molecular flexibility index (Phi) is 17.9. The fourth-order valence-corrected chi connectivity index (χ4v) is 5.11. The zero-order valence-corrected chi connectivity index (χ0v) is 28.4. The molecular weight excluding hydrogens is 642 g/mol. The SMILES string of the molecule is O=[N+]([O-])c1ccc(OCCOCCOCCOCCOCCOCCOCCOC(c2ccccc2)(c2ccccc2)c2ccccc2)cc1. The van der Waals surface area contributed by atoms with Gasteiger partial charge in [0.25, 0.3) is 5.69 Å². The molecule has 0 aromatic heterocycles. The van der Waals surface area contributed by atoms with Crippen LogP contribution in [0.3, 0.4) is 0 Å². The van der Waals surface area contributed by atoms with E-state index in [1.54, 1.807) is 12.1 Å². The summed E-state index contributed by atoms with van der Waals surface area (Å²) in [4.78, 5) is 10.2. The molecule has 0 saturated heterocycles. The largest absolute Gasteiger partial charge is 0.491 e. The molecule has 11 nitrogen and oxygen atoms in total. The van der Waals surface area contributed by atoms with Gasteiger partial charge in [0.2, 0.25) is 0 Å². The first-order chi connectivity index (χ1) is 24.7. The first-order valence-electron chi connectivity index (χ1n) is 16.8. The number of nitrogens with zero attached hydrogens (tertiary/aromatic N) is 1. The summed E-state index contributed by atoms with van der Waals surface area (Å²) in [5, 5.41) is 10.7. The number of hydrogen-bond donors (Lipinski definition) is 0. The molecule has 0 amide bonds. The van der Waals surface area contributed by atoms with Crippen molar-refractivity contribution in [3.05, 3.63) is 142 Å². The molecule has 4 aromatic rings. The van der Waals surface area contributed by atoms with Crippen molar-refractivity contribution in [1.82, 2.24) is 0 Å². The third-order valence-electron chi connectivity index (χ3n) is 7.49. The van der Waals surface area contributed by atoms with Gasteiger partial charge in [-0.3, -0.25) is 10.1 Å². The average Bonchev–Trinajstić information content (AvgIpc) is 3.16. The van der Waals surface area contributed by atoms with E-state index in [0.29, 0.717) is 98.2 Å². The monoisotopic (exact) mass is 689 g/mol. The van der Waals surface area contributed by atoms with Gasteiger partial charge < -0.3 is 37.9 Å². The molecule has 0 aliphatic heterocycles. The van der Waals surface area contributed by atoms with Gasteiger partial charge in [-0.15, -0.1) is 0 Å². The van der Waals surface area contributed by atoms with E-state index in [0.717, 1.165) is 16.7 Å². The molecule has 0 aliphatic rings. The van der Waals surface area contributed by atoms with E-state index in [2.05, 4.69) is 36.4 Å². The first-order valence-corrected chi connectivity index (χ1v) is 16.8. The van der Waals surface area contributed by atoms with Crippen LogP contribution >= 0.6 is 0 Å². The Balaban J connectivity index is 0.960. The highest BCUT2D eigenvalue weighted by molar-refractivity contribution is 5.47. The van der Waals surface area contributed by atoms with Crippen molar-refractivity contribution in [1.29, 1.82) is 0 Å². The van der Waals surface area contributed by atoms with E-state index in [4.69, 9.17) is 37.9 Å². The minimum atomic E-state index is -0.759. The molecule has 0 atom stereocenters. The standard InChI is InChI=1S/C39H47NO10/c41-40(42)37-16-18-38(19-17-37)49-32-30-47-28-26-45-24-22-43-20-21-44-23-25-46-27-29-48-31-33-50-39(34-10-4-1-5-11-34,35-12-6-2-7-13-35)36-14-8-3-9-15-36/h1-19H,20-33H2. The second-order valence-corrected chi connectivity index (χ2v) is 10.9. The van der Waals surface area contributed by atoms with Gasteiger partial charge in [-0.25, -0.2) is 0 Å². The molecule has 11 heteroatoms. The lowest BCUT2D eigenvalue weighted by Gasteiger charge is -2.36. The van der Waals surface area contributed by atoms with Gasteiger partial charge >= 0.3 is 0 Å². The van der Waals surface area contributed by atoms with Crippen LogP contribution in [0.2, 0.25) is 0 Å². The van der Waals surface area contributed by atoms with Crippen LogP contribution in [0.15, 0.2) is 115 Å². The van der Waals surface area contributed by atoms with Crippen molar-refractivity contribution in [3.63, 3.8) is 0 Å². The van der Waals surface area contributed by atoms with Gasteiger partial charge in [0.05, 0.1) is 90.8 Å². The molecule has 4 aromatic carbocycles. The predicted molar refractivity (Wildman–Crippen MR) is 189 cm³/mol. The van der Waals surface area contributed by atoms with Crippen LogP contribution in [0.1, 0.15) is 16.7 Å². The minimum Gasteiger partial charge on any atom is -0.491 e. The Bertz CT molecular complexity index is 1350. The summed E-state index contributed by atoms with van der Waals surface area (Å²) in [5.74, 6) is 0.557. The second-order valence-electron chi connectivity index (χ2n) is 10.9. The number of hydrogen-bond acceptors (Lipinski definition) is 10. The molecule has 0 spiro atoms. The molecule has 268 valence electrons. The summed E-state index contributed by atoms with van der Waals surface area (Å²) in [6, 6.07) is 36.8. The van der Waals surface area contributed by atoms with E-state index in [1.165, 1.54) is 12.1 Å². The summed E-state index contributed by atoms with van der Waals surface area (Å²) in [6.45, 7) is 6.20. The van der Waals surface area contributed by atoms with E-state index in [9.17, 15) is 10.1 Å². The maximum absolute atomic E-state index is 10.7. The number of non-ortho nitro benzene ring substituents is 1. The summed E-state index contributed by atoms with van der Waals surface area (Å²) >= 11 is 0. The van der Waals surface area contributed by atoms with Crippen LogP contribution in [0, 0.1) is 10.1 Å². The lowest BCUT2D eigenvalue weighted by Crippen LogP contribution is -2.34. The topological polar surface area (TPSA) is 117 Å². The Morgan fingerprint density at radius 3 is 1.08 bits per heavy atom. The maximum atomic E-state index is 10.7. The number of benzene rings is 4. The molecule has 50 heavy (non-hydrogen) atoms. The lowest BCUT2D eigenvalue weighted by molar-refractivity contribution is -0.384. The van der Waals surface area contributed by atoms with Gasteiger partial charge in [-0.05, 0) is 28.8 Å². The summed E-state index contributed by atoms with van der Waals surface area (Å²) in [6.07, 6.45) is 0. The highest BCUT2D eigenvalue weighted by Gasteiger charge is 2.37. The average molecular weight is 690 g/mol. The summed E-state index contributed by atoms with van der Waals surface area (Å²) < 4.78 is 45.7. The highest BCUT2D eigenvalue weighted by atomic mass is 16.6. The molecule has 0 saturated carbocycles. The second kappa shape index (κ2) is 23.2.